The van der Waals surface area contributed by atoms with E-state index in [1.54, 1.807) is 24.7 Å². The fraction of sp³-hybridized carbons (Fsp3) is 0.455. The molecule has 0 bridgehead atoms. The third-order valence-electron chi connectivity index (χ3n) is 6.95. The van der Waals surface area contributed by atoms with Gasteiger partial charge in [-0.25, -0.2) is 14.2 Å². The van der Waals surface area contributed by atoms with Crippen molar-refractivity contribution in [2.45, 2.75) is 54.9 Å². The third kappa shape index (κ3) is 3.45. The Morgan fingerprint density at radius 3 is 2.81 bits per heavy atom. The average molecular weight is 439 g/mol. The highest BCUT2D eigenvalue weighted by Crippen LogP contribution is 2.46. The number of anilines is 1. The summed E-state index contributed by atoms with van der Waals surface area (Å²) in [6.07, 6.45) is 9.24. The molecule has 9 heteroatoms. The zero-order valence-corrected chi connectivity index (χ0v) is 18.3. The van der Waals surface area contributed by atoms with Gasteiger partial charge in [0.1, 0.15) is 6.33 Å². The molecular weight excluding hydrogens is 412 g/mol. The predicted octanol–water partition coefficient (Wildman–Crippen LogP) is 3.38. The normalized spacial score (nSPS) is 20.6. The number of hydrogen-bond donors (Lipinski definition) is 2. The number of aromatic nitrogens is 4. The van der Waals surface area contributed by atoms with Crippen LogP contribution in [0, 0.1) is 12.3 Å². The quantitative estimate of drug-likeness (QED) is 0.638. The first-order valence-corrected chi connectivity index (χ1v) is 11.5. The molecule has 1 atom stereocenters. The summed E-state index contributed by atoms with van der Waals surface area (Å²) < 4.78 is 1.91. The SMILES string of the molecule is Cc1cccc(C(=O)O)c1Sc1cnc(N2CCC3(CCCC3N)CC2)n2cnnc12. The molecule has 3 aromatic rings. The van der Waals surface area contributed by atoms with Gasteiger partial charge in [0.15, 0.2) is 5.65 Å². The zero-order chi connectivity index (χ0) is 21.6. The predicted molar refractivity (Wildman–Crippen MR) is 119 cm³/mol. The molecule has 3 heterocycles. The Kier molecular flexibility index (Phi) is 5.10. The van der Waals surface area contributed by atoms with Gasteiger partial charge in [0.05, 0.1) is 10.5 Å². The van der Waals surface area contributed by atoms with Gasteiger partial charge in [-0.05, 0) is 49.7 Å². The summed E-state index contributed by atoms with van der Waals surface area (Å²) in [4.78, 5) is 20.2. The van der Waals surface area contributed by atoms with E-state index in [4.69, 9.17) is 10.7 Å². The van der Waals surface area contributed by atoms with Crippen molar-refractivity contribution < 1.29 is 9.90 Å². The number of carbonyl (C=O) groups is 1. The minimum Gasteiger partial charge on any atom is -0.478 e. The average Bonchev–Trinajstić information content (AvgIpc) is 3.38. The Bertz CT molecular complexity index is 1140. The van der Waals surface area contributed by atoms with Crippen LogP contribution in [0.5, 0.6) is 0 Å². The number of aromatic carboxylic acids is 1. The first-order valence-electron chi connectivity index (χ1n) is 10.7. The van der Waals surface area contributed by atoms with Crippen molar-refractivity contribution in [3.63, 3.8) is 0 Å². The Labute approximate surface area is 184 Å². The first kappa shape index (κ1) is 20.3. The van der Waals surface area contributed by atoms with Gasteiger partial charge in [-0.1, -0.05) is 30.3 Å². The monoisotopic (exact) mass is 438 g/mol. The number of aryl methyl sites for hydroxylation is 1. The fourth-order valence-electron chi connectivity index (χ4n) is 5.10. The summed E-state index contributed by atoms with van der Waals surface area (Å²) in [6.45, 7) is 3.75. The maximum Gasteiger partial charge on any atom is 0.336 e. The van der Waals surface area contributed by atoms with Crippen molar-refractivity contribution in [3.05, 3.63) is 41.9 Å². The summed E-state index contributed by atoms with van der Waals surface area (Å²) in [5.74, 6) is -0.116. The highest BCUT2D eigenvalue weighted by Gasteiger charge is 2.43. The molecule has 0 amide bonds. The van der Waals surface area contributed by atoms with Crippen molar-refractivity contribution in [1.29, 1.82) is 0 Å². The van der Waals surface area contributed by atoms with Gasteiger partial charge in [0.2, 0.25) is 5.95 Å². The Balaban J connectivity index is 1.44. The van der Waals surface area contributed by atoms with Gasteiger partial charge in [0.25, 0.3) is 0 Å². The lowest BCUT2D eigenvalue weighted by molar-refractivity contribution is 0.0693. The number of fused-ring (bicyclic) bond motifs is 1. The van der Waals surface area contributed by atoms with Crippen LogP contribution in [0.25, 0.3) is 5.65 Å². The minimum absolute atomic E-state index is 0.279. The summed E-state index contributed by atoms with van der Waals surface area (Å²) in [6, 6.07) is 5.61. The Morgan fingerprint density at radius 1 is 1.29 bits per heavy atom. The molecular formula is C22H26N6O2S. The number of carboxylic acids is 1. The van der Waals surface area contributed by atoms with Gasteiger partial charge in [-0.2, -0.15) is 0 Å². The number of nitrogens with zero attached hydrogens (tertiary/aromatic N) is 5. The molecule has 1 unspecified atom stereocenters. The van der Waals surface area contributed by atoms with Crippen molar-refractivity contribution in [1.82, 2.24) is 19.6 Å². The molecule has 1 aliphatic heterocycles. The van der Waals surface area contributed by atoms with Crippen LogP contribution in [0.3, 0.4) is 0 Å². The second kappa shape index (κ2) is 7.80. The zero-order valence-electron chi connectivity index (χ0n) is 17.5. The molecule has 2 aromatic heterocycles. The third-order valence-corrected chi connectivity index (χ3v) is 8.21. The lowest BCUT2D eigenvalue weighted by atomic mass is 9.74. The number of nitrogens with two attached hydrogens (primary N) is 1. The fourth-order valence-corrected chi connectivity index (χ4v) is 6.15. The second-order valence-electron chi connectivity index (χ2n) is 8.65. The highest BCUT2D eigenvalue weighted by molar-refractivity contribution is 7.99. The molecule has 162 valence electrons. The Morgan fingerprint density at radius 2 is 2.10 bits per heavy atom. The number of carboxylic acid groups (broad SMARTS) is 1. The lowest BCUT2D eigenvalue weighted by Gasteiger charge is -2.42. The molecule has 2 aliphatic rings. The highest BCUT2D eigenvalue weighted by atomic mass is 32.2. The van der Waals surface area contributed by atoms with E-state index in [0.717, 1.165) is 48.8 Å². The number of piperidine rings is 1. The Hall–Kier alpha value is -2.65. The molecule has 2 fully saturated rings. The summed E-state index contributed by atoms with van der Waals surface area (Å²) in [5, 5.41) is 18.0. The standard InChI is InChI=1S/C22H26N6O2S/c1-14-4-2-5-15(20(29)30)18(14)31-16-12-24-21(28-13-25-26-19(16)28)27-10-8-22(9-11-27)7-3-6-17(22)23/h2,4-5,12-13,17H,3,6-11,23H2,1H3,(H,29,30). The van der Waals surface area contributed by atoms with Crippen molar-refractivity contribution in [3.8, 4) is 0 Å². The molecule has 1 spiro atoms. The maximum atomic E-state index is 11.7. The van der Waals surface area contributed by atoms with Crippen LogP contribution < -0.4 is 10.6 Å². The van der Waals surface area contributed by atoms with Crippen LogP contribution in [0.15, 0.2) is 40.5 Å². The minimum atomic E-state index is -0.944. The van der Waals surface area contributed by atoms with E-state index in [0.29, 0.717) is 16.6 Å². The van der Waals surface area contributed by atoms with Crippen LogP contribution in [0.1, 0.15) is 48.0 Å². The van der Waals surface area contributed by atoms with Crippen LogP contribution >= 0.6 is 11.8 Å². The van der Waals surface area contributed by atoms with E-state index < -0.39 is 5.97 Å². The molecule has 31 heavy (non-hydrogen) atoms. The van der Waals surface area contributed by atoms with E-state index in [2.05, 4.69) is 15.1 Å². The maximum absolute atomic E-state index is 11.7. The van der Waals surface area contributed by atoms with E-state index in [9.17, 15) is 9.90 Å². The first-order chi connectivity index (χ1) is 15.0. The van der Waals surface area contributed by atoms with E-state index in [1.165, 1.54) is 24.6 Å². The lowest BCUT2D eigenvalue weighted by Crippen LogP contribution is -2.47. The smallest absolute Gasteiger partial charge is 0.336 e. The topological polar surface area (TPSA) is 110 Å². The summed E-state index contributed by atoms with van der Waals surface area (Å²) in [5.41, 5.74) is 8.60. The molecule has 1 saturated heterocycles. The number of hydrogen-bond acceptors (Lipinski definition) is 7. The largest absolute Gasteiger partial charge is 0.478 e. The van der Waals surface area contributed by atoms with Crippen LogP contribution in [-0.4, -0.2) is 49.8 Å². The molecule has 3 N–H and O–H groups in total. The summed E-state index contributed by atoms with van der Waals surface area (Å²) >= 11 is 1.37. The van der Waals surface area contributed by atoms with Crippen molar-refractivity contribution in [2.24, 2.45) is 11.1 Å². The second-order valence-corrected chi connectivity index (χ2v) is 9.71. The van der Waals surface area contributed by atoms with Gasteiger partial charge in [-0.3, -0.25) is 0 Å². The van der Waals surface area contributed by atoms with Gasteiger partial charge in [-0.15, -0.1) is 10.2 Å². The van der Waals surface area contributed by atoms with Gasteiger partial charge < -0.3 is 15.7 Å². The van der Waals surface area contributed by atoms with E-state index in [-0.39, 0.29) is 11.0 Å². The van der Waals surface area contributed by atoms with Crippen molar-refractivity contribution >= 4 is 29.3 Å². The van der Waals surface area contributed by atoms with Gasteiger partial charge >= 0.3 is 5.97 Å². The molecule has 1 saturated carbocycles. The summed E-state index contributed by atoms with van der Waals surface area (Å²) in [7, 11) is 0. The van der Waals surface area contributed by atoms with Crippen LogP contribution in [0.2, 0.25) is 0 Å². The molecule has 1 aliphatic carbocycles. The van der Waals surface area contributed by atoms with Crippen molar-refractivity contribution in [2.75, 3.05) is 18.0 Å². The molecule has 5 rings (SSSR count). The number of benzene rings is 1. The van der Waals surface area contributed by atoms with Gasteiger partial charge in [0, 0.05) is 30.2 Å². The van der Waals surface area contributed by atoms with E-state index >= 15 is 0 Å². The molecule has 1 aromatic carbocycles. The number of rotatable bonds is 4. The molecule has 8 nitrogen and oxygen atoms in total. The van der Waals surface area contributed by atoms with Crippen LogP contribution in [-0.2, 0) is 0 Å². The van der Waals surface area contributed by atoms with Crippen LogP contribution in [0.4, 0.5) is 5.95 Å². The molecule has 0 radical (unpaired) electrons. The van der Waals surface area contributed by atoms with E-state index in [1.807, 2.05) is 17.4 Å².